The number of imidazole rings is 1. The first-order chi connectivity index (χ1) is 12.6. The van der Waals surface area contributed by atoms with Gasteiger partial charge in [-0.1, -0.05) is 42.5 Å². The molecule has 2 heterocycles. The first-order valence-corrected chi connectivity index (χ1v) is 8.43. The van der Waals surface area contributed by atoms with E-state index >= 15 is 0 Å². The van der Waals surface area contributed by atoms with Crippen LogP contribution in [0.5, 0.6) is 0 Å². The van der Waals surface area contributed by atoms with Crippen molar-refractivity contribution in [2.24, 2.45) is 0 Å². The van der Waals surface area contributed by atoms with Crippen molar-refractivity contribution >= 4 is 5.95 Å². The van der Waals surface area contributed by atoms with Crippen LogP contribution in [0.25, 0.3) is 28.1 Å². The van der Waals surface area contributed by atoms with Crippen molar-refractivity contribution in [1.82, 2.24) is 19.5 Å². The second kappa shape index (κ2) is 6.44. The normalized spacial score (nSPS) is 10.8. The summed E-state index contributed by atoms with van der Waals surface area (Å²) in [6.07, 6.45) is 5.49. The summed E-state index contributed by atoms with van der Waals surface area (Å²) >= 11 is 0. The summed E-state index contributed by atoms with van der Waals surface area (Å²) in [5, 5.41) is 0. The number of hydrogen-bond donors (Lipinski definition) is 1. The maximum Gasteiger partial charge on any atom is 0.220 e. The average molecular weight is 341 g/mol. The molecule has 0 saturated heterocycles. The van der Waals surface area contributed by atoms with Gasteiger partial charge in [-0.3, -0.25) is 0 Å². The Morgan fingerprint density at radius 1 is 0.885 bits per heavy atom. The number of para-hydroxylation sites is 1. The average Bonchev–Trinajstić information content (AvgIpc) is 3.16. The van der Waals surface area contributed by atoms with Crippen LogP contribution in [0, 0.1) is 13.8 Å². The predicted molar refractivity (Wildman–Crippen MR) is 104 cm³/mol. The monoisotopic (exact) mass is 341 g/mol. The van der Waals surface area contributed by atoms with Gasteiger partial charge in [-0.25, -0.2) is 15.0 Å². The molecule has 0 atom stereocenters. The molecular weight excluding hydrogens is 322 g/mol. The highest BCUT2D eigenvalue weighted by Gasteiger charge is 2.18. The van der Waals surface area contributed by atoms with Crippen LogP contribution in [-0.2, 0) is 0 Å². The minimum Gasteiger partial charge on any atom is -0.368 e. The van der Waals surface area contributed by atoms with E-state index in [1.807, 2.05) is 42.0 Å². The Morgan fingerprint density at radius 3 is 2.35 bits per heavy atom. The zero-order chi connectivity index (χ0) is 18.1. The van der Waals surface area contributed by atoms with Crippen LogP contribution in [-0.4, -0.2) is 19.5 Å². The van der Waals surface area contributed by atoms with E-state index in [4.69, 9.17) is 5.73 Å². The lowest BCUT2D eigenvalue weighted by atomic mass is 9.94. The summed E-state index contributed by atoms with van der Waals surface area (Å²) in [7, 11) is 0. The minimum atomic E-state index is 0.282. The van der Waals surface area contributed by atoms with Crippen LogP contribution < -0.4 is 5.73 Å². The largest absolute Gasteiger partial charge is 0.368 e. The van der Waals surface area contributed by atoms with E-state index in [1.54, 1.807) is 12.5 Å². The molecule has 0 spiro atoms. The molecule has 128 valence electrons. The van der Waals surface area contributed by atoms with E-state index in [0.29, 0.717) is 0 Å². The van der Waals surface area contributed by atoms with Crippen LogP contribution >= 0.6 is 0 Å². The van der Waals surface area contributed by atoms with Crippen LogP contribution in [0.1, 0.15) is 11.3 Å². The van der Waals surface area contributed by atoms with Gasteiger partial charge in [-0.15, -0.1) is 0 Å². The molecule has 0 fully saturated rings. The zero-order valence-electron chi connectivity index (χ0n) is 14.7. The Kier molecular flexibility index (Phi) is 3.97. The van der Waals surface area contributed by atoms with Gasteiger partial charge in [-0.2, -0.15) is 0 Å². The molecule has 4 aromatic rings. The quantitative estimate of drug-likeness (QED) is 0.606. The fourth-order valence-corrected chi connectivity index (χ4v) is 3.26. The molecule has 0 amide bonds. The first-order valence-electron chi connectivity index (χ1n) is 8.43. The Bertz CT molecular complexity index is 1070. The van der Waals surface area contributed by atoms with Gasteiger partial charge < -0.3 is 10.3 Å². The van der Waals surface area contributed by atoms with Crippen molar-refractivity contribution in [3.63, 3.8) is 0 Å². The molecule has 0 unspecified atom stereocenters. The van der Waals surface area contributed by atoms with Crippen LogP contribution in [0.15, 0.2) is 67.3 Å². The van der Waals surface area contributed by atoms with Crippen molar-refractivity contribution < 1.29 is 0 Å². The summed E-state index contributed by atoms with van der Waals surface area (Å²) in [6, 6.07) is 16.4. The minimum absolute atomic E-state index is 0.282. The van der Waals surface area contributed by atoms with Gasteiger partial charge in [0.05, 0.1) is 23.4 Å². The van der Waals surface area contributed by atoms with Crippen molar-refractivity contribution in [1.29, 1.82) is 0 Å². The molecule has 5 nitrogen and oxygen atoms in total. The standard InChI is InChI=1S/C21H19N5/c1-14-7-3-4-8-16(14)20-19(15(2)24-21(22)25-20)17-9-5-6-10-18(17)26-12-11-23-13-26/h3-13H,1-2H3,(H2,22,24,25). The Morgan fingerprint density at radius 2 is 1.62 bits per heavy atom. The predicted octanol–water partition coefficient (Wildman–Crippen LogP) is 4.20. The number of rotatable bonds is 3. The Labute approximate surface area is 152 Å². The number of nitrogens with two attached hydrogens (primary N) is 1. The number of benzene rings is 2. The van der Waals surface area contributed by atoms with Gasteiger partial charge in [0.1, 0.15) is 0 Å². The summed E-state index contributed by atoms with van der Waals surface area (Å²) in [6.45, 7) is 4.05. The fraction of sp³-hybridized carbons (Fsp3) is 0.0952. The number of nitrogens with zero attached hydrogens (tertiary/aromatic N) is 4. The van der Waals surface area contributed by atoms with Gasteiger partial charge in [0.25, 0.3) is 0 Å². The second-order valence-corrected chi connectivity index (χ2v) is 6.19. The molecular formula is C21H19N5. The molecule has 2 aromatic heterocycles. The molecule has 0 aliphatic heterocycles. The molecule has 0 aliphatic rings. The fourth-order valence-electron chi connectivity index (χ4n) is 3.26. The molecule has 0 saturated carbocycles. The summed E-state index contributed by atoms with van der Waals surface area (Å²) in [5.41, 5.74) is 12.9. The SMILES string of the molecule is Cc1ccccc1-c1nc(N)nc(C)c1-c1ccccc1-n1ccnc1. The van der Waals surface area contributed by atoms with E-state index in [-0.39, 0.29) is 5.95 Å². The highest BCUT2D eigenvalue weighted by Crippen LogP contribution is 2.37. The molecule has 2 N–H and O–H groups in total. The first kappa shape index (κ1) is 16.0. The molecule has 4 rings (SSSR count). The highest BCUT2D eigenvalue weighted by atomic mass is 15.0. The number of aryl methyl sites for hydroxylation is 2. The molecule has 5 heteroatoms. The molecule has 0 aliphatic carbocycles. The third-order valence-corrected chi connectivity index (χ3v) is 4.46. The summed E-state index contributed by atoms with van der Waals surface area (Å²) in [4.78, 5) is 13.2. The van der Waals surface area contributed by atoms with Crippen LogP contribution in [0.4, 0.5) is 5.95 Å². The van der Waals surface area contributed by atoms with Crippen LogP contribution in [0.3, 0.4) is 0 Å². The van der Waals surface area contributed by atoms with E-state index in [0.717, 1.165) is 39.3 Å². The van der Waals surface area contributed by atoms with Gasteiger partial charge in [0.2, 0.25) is 5.95 Å². The highest BCUT2D eigenvalue weighted by molar-refractivity contribution is 5.87. The van der Waals surface area contributed by atoms with Gasteiger partial charge >= 0.3 is 0 Å². The molecule has 26 heavy (non-hydrogen) atoms. The smallest absolute Gasteiger partial charge is 0.220 e. The summed E-state index contributed by atoms with van der Waals surface area (Å²) < 4.78 is 1.99. The molecule has 0 bridgehead atoms. The van der Waals surface area contributed by atoms with Gasteiger partial charge in [0, 0.05) is 29.1 Å². The maximum absolute atomic E-state index is 5.99. The molecule has 2 aromatic carbocycles. The zero-order valence-corrected chi connectivity index (χ0v) is 14.7. The third kappa shape index (κ3) is 2.73. The van der Waals surface area contributed by atoms with E-state index < -0.39 is 0 Å². The van der Waals surface area contributed by atoms with Crippen molar-refractivity contribution in [3.8, 4) is 28.1 Å². The third-order valence-electron chi connectivity index (χ3n) is 4.46. The van der Waals surface area contributed by atoms with E-state index in [1.165, 1.54) is 0 Å². The summed E-state index contributed by atoms with van der Waals surface area (Å²) in [5.74, 6) is 0.282. The number of nitrogen functional groups attached to an aromatic ring is 1. The lowest BCUT2D eigenvalue weighted by Crippen LogP contribution is -2.04. The van der Waals surface area contributed by atoms with Crippen molar-refractivity contribution in [3.05, 3.63) is 78.5 Å². The Balaban J connectivity index is 2.04. The van der Waals surface area contributed by atoms with E-state index in [2.05, 4.69) is 46.1 Å². The van der Waals surface area contributed by atoms with Gasteiger partial charge in [0.15, 0.2) is 0 Å². The lowest BCUT2D eigenvalue weighted by Gasteiger charge is -2.17. The van der Waals surface area contributed by atoms with Crippen molar-refractivity contribution in [2.45, 2.75) is 13.8 Å². The van der Waals surface area contributed by atoms with Gasteiger partial charge in [-0.05, 0) is 25.5 Å². The number of hydrogen-bond acceptors (Lipinski definition) is 4. The maximum atomic E-state index is 5.99. The number of aromatic nitrogens is 4. The topological polar surface area (TPSA) is 69.6 Å². The van der Waals surface area contributed by atoms with Crippen molar-refractivity contribution in [2.75, 3.05) is 5.73 Å². The Hall–Kier alpha value is -3.47. The van der Waals surface area contributed by atoms with Crippen LogP contribution in [0.2, 0.25) is 0 Å². The molecule has 0 radical (unpaired) electrons. The lowest BCUT2D eigenvalue weighted by molar-refractivity contribution is 1.05. The number of anilines is 1. The van der Waals surface area contributed by atoms with E-state index in [9.17, 15) is 0 Å². The second-order valence-electron chi connectivity index (χ2n) is 6.19.